The molecule has 230 valence electrons. The molecule has 2 aromatic heterocycles. The number of fused-ring (bicyclic) bond motifs is 3. The van der Waals surface area contributed by atoms with Gasteiger partial charge in [-0.15, -0.1) is 0 Å². The van der Waals surface area contributed by atoms with Gasteiger partial charge in [0.15, 0.2) is 4.96 Å². The van der Waals surface area contributed by atoms with Crippen molar-refractivity contribution in [2.45, 2.75) is 64.8 Å². The predicted octanol–water partition coefficient (Wildman–Crippen LogP) is 6.87. The van der Waals surface area contributed by atoms with E-state index >= 15 is 0 Å². The zero-order chi connectivity index (χ0) is 30.8. The normalized spacial score (nSPS) is 14.7. The van der Waals surface area contributed by atoms with E-state index in [9.17, 15) is 22.8 Å². The molecule has 5 rings (SSSR count). The largest absolute Gasteiger partial charge is 0.444 e. The van der Waals surface area contributed by atoms with Gasteiger partial charge in [0.1, 0.15) is 5.60 Å². The zero-order valence-electron chi connectivity index (χ0n) is 24.5. The Kier molecular flexibility index (Phi) is 8.98. The average Bonchev–Trinajstić information content (AvgIpc) is 3.51. The van der Waals surface area contributed by atoms with E-state index in [1.807, 2.05) is 0 Å². The lowest BCUT2D eigenvalue weighted by Crippen LogP contribution is -2.33. The second-order valence-corrected chi connectivity index (χ2v) is 12.8. The van der Waals surface area contributed by atoms with Crippen LogP contribution in [0.25, 0.3) is 26.4 Å². The highest BCUT2D eigenvalue weighted by Crippen LogP contribution is 2.39. The molecule has 1 saturated heterocycles. The fraction of sp³-hybridized carbons (Fsp3) is 0.452. The van der Waals surface area contributed by atoms with Crippen molar-refractivity contribution >= 4 is 38.5 Å². The Balaban J connectivity index is 1.29. The molecule has 2 N–H and O–H groups in total. The monoisotopic (exact) mass is 615 g/mol. The van der Waals surface area contributed by atoms with Crippen LogP contribution >= 0.6 is 11.3 Å². The molecule has 4 aromatic rings. The Morgan fingerprint density at radius 1 is 1.02 bits per heavy atom. The Labute approximate surface area is 252 Å². The van der Waals surface area contributed by atoms with Gasteiger partial charge in [0, 0.05) is 30.4 Å². The summed E-state index contributed by atoms with van der Waals surface area (Å²) in [6, 6.07) is 9.24. The van der Waals surface area contributed by atoms with Gasteiger partial charge in [0.05, 0.1) is 21.5 Å². The number of carbonyl (C=O) groups excluding carboxylic acids is 2. The van der Waals surface area contributed by atoms with Gasteiger partial charge in [-0.2, -0.15) is 13.2 Å². The van der Waals surface area contributed by atoms with Gasteiger partial charge in [-0.3, -0.25) is 9.20 Å². The molecule has 0 bridgehead atoms. The number of amides is 2. The topological polar surface area (TPSA) is 88.0 Å². The molecular formula is C31H36F3N5O3S. The number of likely N-dealkylation sites (tertiary alicyclic amines) is 1. The van der Waals surface area contributed by atoms with Crippen molar-refractivity contribution in [1.29, 1.82) is 0 Å². The zero-order valence-corrected chi connectivity index (χ0v) is 25.3. The maximum atomic E-state index is 14.1. The van der Waals surface area contributed by atoms with Gasteiger partial charge in [-0.25, -0.2) is 9.78 Å². The number of aromatic nitrogens is 2. The van der Waals surface area contributed by atoms with Crippen molar-refractivity contribution in [3.8, 4) is 11.3 Å². The number of hydrogen-bond donors (Lipinski definition) is 2. The number of imidazole rings is 1. The molecular weight excluding hydrogens is 579 g/mol. The number of rotatable bonds is 8. The highest BCUT2D eigenvalue weighted by atomic mass is 32.1. The Hall–Kier alpha value is -3.64. The van der Waals surface area contributed by atoms with Crippen LogP contribution in [0.15, 0.2) is 42.6 Å². The molecule has 12 heteroatoms. The molecule has 8 nitrogen and oxygen atoms in total. The first-order chi connectivity index (χ1) is 20.4. The molecule has 2 amide bonds. The Morgan fingerprint density at radius 3 is 2.51 bits per heavy atom. The lowest BCUT2D eigenvalue weighted by atomic mass is 10.0. The molecule has 1 fully saturated rings. The van der Waals surface area contributed by atoms with E-state index in [0.29, 0.717) is 17.1 Å². The molecule has 1 aliphatic heterocycles. The van der Waals surface area contributed by atoms with E-state index in [2.05, 4.69) is 20.5 Å². The number of thiazole rings is 1. The van der Waals surface area contributed by atoms with Crippen molar-refractivity contribution in [2.24, 2.45) is 0 Å². The van der Waals surface area contributed by atoms with E-state index in [1.165, 1.54) is 42.7 Å². The molecule has 0 saturated carbocycles. The summed E-state index contributed by atoms with van der Waals surface area (Å²) in [5, 5.41) is 5.49. The van der Waals surface area contributed by atoms with Crippen LogP contribution in [0.3, 0.4) is 0 Å². The minimum Gasteiger partial charge on any atom is -0.444 e. The number of halogens is 3. The molecule has 1 aliphatic rings. The Bertz CT molecular complexity index is 1620. The van der Waals surface area contributed by atoms with E-state index in [0.717, 1.165) is 42.3 Å². The standard InChI is InChI=1S/C31H36F3N5O3S/c1-30(2,3)42-29(41)36-18-20-8-10-22(23(16-20)31(32,33)34)24-19-39-25-11-9-21(17-26(25)43-28(39)37-24)27(40)35-12-7-15-38-13-5-4-6-14-38/h8-11,16-17,19H,4-7,12-15,18H2,1-3H3,(H,35,40)(H,36,41). The van der Waals surface area contributed by atoms with Crippen LogP contribution in [0.1, 0.15) is 67.9 Å². The van der Waals surface area contributed by atoms with Crippen LogP contribution in [0.2, 0.25) is 0 Å². The van der Waals surface area contributed by atoms with Crippen molar-refractivity contribution < 1.29 is 27.5 Å². The quantitative estimate of drug-likeness (QED) is 0.211. The molecule has 0 aliphatic carbocycles. The van der Waals surface area contributed by atoms with Crippen LogP contribution in [0, 0.1) is 0 Å². The summed E-state index contributed by atoms with van der Waals surface area (Å²) in [6.45, 7) is 8.83. The van der Waals surface area contributed by atoms with Gasteiger partial charge in [-0.1, -0.05) is 29.9 Å². The first-order valence-corrected chi connectivity index (χ1v) is 15.3. The SMILES string of the molecule is CC(C)(C)OC(=O)NCc1ccc(-c2cn3c(n2)sc2cc(C(=O)NCCCN4CCCCC4)ccc23)c(C(F)(F)F)c1. The van der Waals surface area contributed by atoms with Crippen molar-refractivity contribution in [1.82, 2.24) is 24.9 Å². The second-order valence-electron chi connectivity index (χ2n) is 11.8. The van der Waals surface area contributed by atoms with Gasteiger partial charge in [0.25, 0.3) is 5.91 Å². The lowest BCUT2D eigenvalue weighted by Gasteiger charge is -2.26. The molecule has 0 spiro atoms. The third kappa shape index (κ3) is 7.66. The predicted molar refractivity (Wildman–Crippen MR) is 161 cm³/mol. The number of nitrogens with zero attached hydrogens (tertiary/aromatic N) is 3. The molecule has 0 radical (unpaired) electrons. The van der Waals surface area contributed by atoms with Gasteiger partial charge < -0.3 is 20.3 Å². The summed E-state index contributed by atoms with van der Waals surface area (Å²) in [4.78, 5) is 32.2. The van der Waals surface area contributed by atoms with Crippen molar-refractivity contribution in [3.63, 3.8) is 0 Å². The fourth-order valence-electron chi connectivity index (χ4n) is 5.21. The minimum absolute atomic E-state index is 0.0573. The van der Waals surface area contributed by atoms with Crippen molar-refractivity contribution in [2.75, 3.05) is 26.2 Å². The number of alkyl carbamates (subject to hydrolysis) is 1. The third-order valence-electron chi connectivity index (χ3n) is 7.24. The maximum Gasteiger partial charge on any atom is 0.417 e. The number of nitrogens with one attached hydrogen (secondary N) is 2. The lowest BCUT2D eigenvalue weighted by molar-refractivity contribution is -0.137. The first kappa shape index (κ1) is 30.8. The maximum absolute atomic E-state index is 14.1. The highest BCUT2D eigenvalue weighted by Gasteiger charge is 2.35. The van der Waals surface area contributed by atoms with Crippen LogP contribution in [0.4, 0.5) is 18.0 Å². The number of hydrogen-bond acceptors (Lipinski definition) is 6. The van der Waals surface area contributed by atoms with Gasteiger partial charge >= 0.3 is 12.3 Å². The van der Waals surface area contributed by atoms with Crippen molar-refractivity contribution in [3.05, 3.63) is 59.3 Å². The van der Waals surface area contributed by atoms with Crippen LogP contribution in [0.5, 0.6) is 0 Å². The Morgan fingerprint density at radius 2 is 1.79 bits per heavy atom. The molecule has 0 unspecified atom stereocenters. The van der Waals surface area contributed by atoms with Crippen LogP contribution in [-0.2, 0) is 17.5 Å². The smallest absolute Gasteiger partial charge is 0.417 e. The van der Waals surface area contributed by atoms with Crippen LogP contribution < -0.4 is 10.6 Å². The number of ether oxygens (including phenoxy) is 1. The summed E-state index contributed by atoms with van der Waals surface area (Å²) in [7, 11) is 0. The summed E-state index contributed by atoms with van der Waals surface area (Å²) < 4.78 is 50.1. The number of carbonyl (C=O) groups is 2. The van der Waals surface area contributed by atoms with E-state index in [1.54, 1.807) is 49.6 Å². The number of piperidine rings is 1. The van der Waals surface area contributed by atoms with Gasteiger partial charge in [0.2, 0.25) is 0 Å². The fourth-order valence-corrected chi connectivity index (χ4v) is 6.26. The van der Waals surface area contributed by atoms with E-state index < -0.39 is 23.4 Å². The van der Waals surface area contributed by atoms with Gasteiger partial charge in [-0.05, 0) is 89.5 Å². The average molecular weight is 616 g/mol. The van der Waals surface area contributed by atoms with Crippen LogP contribution in [-0.4, -0.2) is 58.1 Å². The minimum atomic E-state index is -4.63. The number of alkyl halides is 3. The van der Waals surface area contributed by atoms with E-state index in [4.69, 9.17) is 4.74 Å². The summed E-state index contributed by atoms with van der Waals surface area (Å²) >= 11 is 1.31. The van der Waals surface area contributed by atoms with E-state index in [-0.39, 0.29) is 29.3 Å². The number of benzene rings is 2. The molecule has 0 atom stereocenters. The first-order valence-electron chi connectivity index (χ1n) is 14.5. The molecule has 3 heterocycles. The summed E-state index contributed by atoms with van der Waals surface area (Å²) in [6.07, 6.45) is 0.906. The summed E-state index contributed by atoms with van der Waals surface area (Å²) in [5.41, 5.74) is 0.137. The second kappa shape index (κ2) is 12.5. The highest BCUT2D eigenvalue weighted by molar-refractivity contribution is 7.23. The third-order valence-corrected chi connectivity index (χ3v) is 8.26. The molecule has 2 aromatic carbocycles. The molecule has 43 heavy (non-hydrogen) atoms. The summed E-state index contributed by atoms with van der Waals surface area (Å²) in [5.74, 6) is -0.150.